The SMILES string of the molecule is CCCc1nc(N(CC(C)C)C(CC)CC)sc1CO. The van der Waals surface area contributed by atoms with Crippen molar-refractivity contribution in [1.29, 1.82) is 0 Å². The predicted octanol–water partition coefficient (Wildman–Crippen LogP) is 4.24. The van der Waals surface area contributed by atoms with E-state index in [0.717, 1.165) is 47.9 Å². The Morgan fingerprint density at radius 2 is 1.85 bits per heavy atom. The van der Waals surface area contributed by atoms with Crippen LogP contribution in [0.4, 0.5) is 5.13 Å². The molecule has 0 saturated heterocycles. The summed E-state index contributed by atoms with van der Waals surface area (Å²) in [7, 11) is 0. The van der Waals surface area contributed by atoms with Gasteiger partial charge in [-0.3, -0.25) is 0 Å². The fourth-order valence-electron chi connectivity index (χ4n) is 2.55. The normalized spacial score (nSPS) is 11.6. The molecule has 1 heterocycles. The topological polar surface area (TPSA) is 36.4 Å². The Balaban J connectivity index is 3.05. The van der Waals surface area contributed by atoms with Gasteiger partial charge in [-0.15, -0.1) is 0 Å². The van der Waals surface area contributed by atoms with Gasteiger partial charge < -0.3 is 10.0 Å². The lowest BCUT2D eigenvalue weighted by Crippen LogP contribution is -2.37. The Bertz CT molecular complexity index is 386. The number of anilines is 1. The molecule has 0 unspecified atom stereocenters. The predicted molar refractivity (Wildman–Crippen MR) is 88.6 cm³/mol. The van der Waals surface area contributed by atoms with Crippen LogP contribution in [-0.2, 0) is 13.0 Å². The summed E-state index contributed by atoms with van der Waals surface area (Å²) in [6.07, 6.45) is 4.32. The van der Waals surface area contributed by atoms with Gasteiger partial charge in [0.15, 0.2) is 5.13 Å². The number of aliphatic hydroxyl groups excluding tert-OH is 1. The molecular formula is C16H30N2OS. The van der Waals surface area contributed by atoms with Crippen LogP contribution in [0.3, 0.4) is 0 Å². The first-order valence-electron chi connectivity index (χ1n) is 7.93. The van der Waals surface area contributed by atoms with E-state index < -0.39 is 0 Å². The van der Waals surface area contributed by atoms with E-state index in [-0.39, 0.29) is 6.61 Å². The number of hydrogen-bond acceptors (Lipinski definition) is 4. The zero-order valence-electron chi connectivity index (χ0n) is 13.6. The maximum absolute atomic E-state index is 9.53. The third-order valence-corrected chi connectivity index (χ3v) is 4.71. The Morgan fingerprint density at radius 1 is 1.20 bits per heavy atom. The molecule has 0 saturated carbocycles. The van der Waals surface area contributed by atoms with Crippen LogP contribution in [0.5, 0.6) is 0 Å². The van der Waals surface area contributed by atoms with Crippen LogP contribution in [0.1, 0.15) is 64.5 Å². The van der Waals surface area contributed by atoms with Crippen LogP contribution in [0, 0.1) is 5.92 Å². The van der Waals surface area contributed by atoms with Crippen LogP contribution in [0.15, 0.2) is 0 Å². The molecule has 4 heteroatoms. The lowest BCUT2D eigenvalue weighted by Gasteiger charge is -2.31. The second-order valence-electron chi connectivity index (χ2n) is 5.79. The first kappa shape index (κ1) is 17.4. The molecule has 0 spiro atoms. The van der Waals surface area contributed by atoms with Crippen molar-refractivity contribution in [2.24, 2.45) is 5.92 Å². The van der Waals surface area contributed by atoms with Gasteiger partial charge in [0.2, 0.25) is 0 Å². The molecule has 0 amide bonds. The first-order valence-corrected chi connectivity index (χ1v) is 8.74. The molecule has 0 aliphatic rings. The highest BCUT2D eigenvalue weighted by atomic mass is 32.1. The highest BCUT2D eigenvalue weighted by Gasteiger charge is 2.21. The Kier molecular flexibility index (Phi) is 7.52. The number of thiazole rings is 1. The minimum Gasteiger partial charge on any atom is -0.391 e. The summed E-state index contributed by atoms with van der Waals surface area (Å²) in [4.78, 5) is 8.32. The Labute approximate surface area is 128 Å². The van der Waals surface area contributed by atoms with Gasteiger partial charge in [0.25, 0.3) is 0 Å². The molecule has 3 nitrogen and oxygen atoms in total. The fourth-order valence-corrected chi connectivity index (χ4v) is 3.60. The number of aliphatic hydroxyl groups is 1. The first-order chi connectivity index (χ1) is 9.57. The molecule has 0 aliphatic heterocycles. The Hall–Kier alpha value is -0.610. The number of aromatic nitrogens is 1. The lowest BCUT2D eigenvalue weighted by molar-refractivity contribution is 0.284. The standard InChI is InChI=1S/C16H30N2OS/c1-6-9-14-15(11-19)20-16(17-14)18(10-12(4)5)13(7-2)8-3/h12-13,19H,6-11H2,1-5H3. The minimum absolute atomic E-state index is 0.117. The van der Waals surface area contributed by atoms with Crippen molar-refractivity contribution in [1.82, 2.24) is 4.98 Å². The zero-order chi connectivity index (χ0) is 15.1. The summed E-state index contributed by atoms with van der Waals surface area (Å²) in [5.74, 6) is 0.617. The molecule has 20 heavy (non-hydrogen) atoms. The van der Waals surface area contributed by atoms with Gasteiger partial charge in [0, 0.05) is 12.6 Å². The molecular weight excluding hydrogens is 268 g/mol. The molecule has 1 aromatic heterocycles. The molecule has 1 aromatic rings. The van der Waals surface area contributed by atoms with Crippen LogP contribution in [-0.4, -0.2) is 22.7 Å². The quantitative estimate of drug-likeness (QED) is 0.741. The number of aryl methyl sites for hydroxylation is 1. The van der Waals surface area contributed by atoms with Crippen molar-refractivity contribution in [3.8, 4) is 0 Å². The summed E-state index contributed by atoms with van der Waals surface area (Å²) in [5.41, 5.74) is 1.09. The molecule has 116 valence electrons. The second kappa shape index (κ2) is 8.63. The third kappa shape index (κ3) is 4.45. The van der Waals surface area contributed by atoms with Gasteiger partial charge in [0.1, 0.15) is 0 Å². The maximum atomic E-state index is 9.53. The average Bonchev–Trinajstić information content (AvgIpc) is 2.82. The largest absolute Gasteiger partial charge is 0.391 e. The molecule has 0 atom stereocenters. The molecule has 0 fully saturated rings. The van der Waals surface area contributed by atoms with Crippen LogP contribution in [0.2, 0.25) is 0 Å². The fraction of sp³-hybridized carbons (Fsp3) is 0.812. The van der Waals surface area contributed by atoms with Gasteiger partial charge in [-0.05, 0) is 25.2 Å². The average molecular weight is 298 g/mol. The zero-order valence-corrected chi connectivity index (χ0v) is 14.5. The highest BCUT2D eigenvalue weighted by molar-refractivity contribution is 7.15. The number of rotatable bonds is 9. The smallest absolute Gasteiger partial charge is 0.186 e. The van der Waals surface area contributed by atoms with Gasteiger partial charge in [-0.1, -0.05) is 52.4 Å². The minimum atomic E-state index is 0.117. The van der Waals surface area contributed by atoms with Crippen molar-refractivity contribution in [2.75, 3.05) is 11.4 Å². The van der Waals surface area contributed by atoms with Gasteiger partial charge in [-0.2, -0.15) is 0 Å². The van der Waals surface area contributed by atoms with Crippen LogP contribution in [0.25, 0.3) is 0 Å². The molecule has 1 N–H and O–H groups in total. The Morgan fingerprint density at radius 3 is 2.30 bits per heavy atom. The highest BCUT2D eigenvalue weighted by Crippen LogP contribution is 2.30. The van der Waals surface area contributed by atoms with Crippen molar-refractivity contribution in [3.63, 3.8) is 0 Å². The number of nitrogens with zero attached hydrogens (tertiary/aromatic N) is 2. The van der Waals surface area contributed by atoms with Crippen LogP contribution >= 0.6 is 11.3 Å². The van der Waals surface area contributed by atoms with E-state index in [1.54, 1.807) is 11.3 Å². The third-order valence-electron chi connectivity index (χ3n) is 3.59. The van der Waals surface area contributed by atoms with E-state index >= 15 is 0 Å². The summed E-state index contributed by atoms with van der Waals surface area (Å²) >= 11 is 1.67. The lowest BCUT2D eigenvalue weighted by atomic mass is 10.1. The molecule has 0 aromatic carbocycles. The number of hydrogen-bond donors (Lipinski definition) is 1. The second-order valence-corrected chi connectivity index (χ2v) is 6.85. The van der Waals surface area contributed by atoms with Crippen molar-refractivity contribution < 1.29 is 5.11 Å². The summed E-state index contributed by atoms with van der Waals surface area (Å²) < 4.78 is 0. The maximum Gasteiger partial charge on any atom is 0.186 e. The van der Waals surface area contributed by atoms with Gasteiger partial charge in [-0.25, -0.2) is 4.98 Å². The molecule has 0 bridgehead atoms. The molecule has 1 rings (SSSR count). The van der Waals surface area contributed by atoms with E-state index in [9.17, 15) is 5.11 Å². The van der Waals surface area contributed by atoms with Crippen LogP contribution < -0.4 is 4.90 Å². The van der Waals surface area contributed by atoms with E-state index in [0.29, 0.717) is 12.0 Å². The summed E-state index contributed by atoms with van der Waals surface area (Å²) in [6, 6.07) is 0.546. The van der Waals surface area contributed by atoms with Gasteiger partial charge in [0.05, 0.1) is 17.2 Å². The summed E-state index contributed by atoms with van der Waals surface area (Å²) in [6.45, 7) is 12.3. The van der Waals surface area contributed by atoms with Crippen molar-refractivity contribution >= 4 is 16.5 Å². The van der Waals surface area contributed by atoms with Gasteiger partial charge >= 0.3 is 0 Å². The molecule has 0 radical (unpaired) electrons. The van der Waals surface area contributed by atoms with Crippen molar-refractivity contribution in [3.05, 3.63) is 10.6 Å². The monoisotopic (exact) mass is 298 g/mol. The van der Waals surface area contributed by atoms with Crippen molar-refractivity contribution in [2.45, 2.75) is 73.0 Å². The van der Waals surface area contributed by atoms with E-state index in [2.05, 4.69) is 39.5 Å². The van der Waals surface area contributed by atoms with E-state index in [1.807, 2.05) is 0 Å². The molecule has 0 aliphatic carbocycles. The van der Waals surface area contributed by atoms with E-state index in [1.165, 1.54) is 0 Å². The summed E-state index contributed by atoms with van der Waals surface area (Å²) in [5, 5.41) is 10.6. The van der Waals surface area contributed by atoms with E-state index in [4.69, 9.17) is 4.98 Å².